The number of hydrogen-bond donors (Lipinski definition) is 3. The Bertz CT molecular complexity index is 884. The van der Waals surface area contributed by atoms with Gasteiger partial charge < -0.3 is 10.4 Å². The van der Waals surface area contributed by atoms with Crippen LogP contribution in [0.25, 0.3) is 5.65 Å². The number of rotatable bonds is 4. The minimum atomic E-state index is -0.895. The smallest absolute Gasteiger partial charge is 0.308 e. The third-order valence-electron chi connectivity index (χ3n) is 5.11. The van der Waals surface area contributed by atoms with Gasteiger partial charge in [-0.25, -0.2) is 9.50 Å². The fourth-order valence-corrected chi connectivity index (χ4v) is 3.71. The maximum Gasteiger partial charge on any atom is 0.308 e. The minimum absolute atomic E-state index is 0.123. The summed E-state index contributed by atoms with van der Waals surface area (Å²) in [5.41, 5.74) is 0.199. The van der Waals surface area contributed by atoms with Gasteiger partial charge in [-0.3, -0.25) is 19.5 Å². The summed E-state index contributed by atoms with van der Waals surface area (Å²) >= 11 is 0. The number of hydrogen-bond acceptors (Lipinski definition) is 4. The molecule has 1 amide bonds. The molecule has 8 heteroatoms. The number of nitrogens with zero attached hydrogens (tertiary/aromatic N) is 2. The first-order valence-electron chi connectivity index (χ1n) is 8.41. The standard InChI is InChI=1S/C17H22N4O4/c1-10-11(15(23)21-13(19-10)6-8-18-21)9-14(22)20-17(2)7-4-3-5-12(17)16(24)25/h6,8,12,18H,3-5,7,9H2,1-2H3,(H,20,22)(H,24,25). The Hall–Kier alpha value is -2.64. The Morgan fingerprint density at radius 1 is 1.48 bits per heavy atom. The van der Waals surface area contributed by atoms with E-state index in [1.54, 1.807) is 26.1 Å². The fraction of sp³-hybridized carbons (Fsp3) is 0.529. The van der Waals surface area contributed by atoms with Crippen molar-refractivity contribution in [3.63, 3.8) is 0 Å². The third kappa shape index (κ3) is 3.16. The zero-order valence-electron chi connectivity index (χ0n) is 14.3. The van der Waals surface area contributed by atoms with Crippen molar-refractivity contribution >= 4 is 17.5 Å². The number of fused-ring (bicyclic) bond motifs is 1. The molecule has 25 heavy (non-hydrogen) atoms. The lowest BCUT2D eigenvalue weighted by molar-refractivity contribution is -0.146. The van der Waals surface area contributed by atoms with Crippen molar-refractivity contribution < 1.29 is 14.7 Å². The highest BCUT2D eigenvalue weighted by molar-refractivity contribution is 5.81. The Kier molecular flexibility index (Phi) is 4.36. The quantitative estimate of drug-likeness (QED) is 0.764. The molecule has 0 radical (unpaired) electrons. The lowest BCUT2D eigenvalue weighted by Crippen LogP contribution is -2.56. The lowest BCUT2D eigenvalue weighted by Gasteiger charge is -2.39. The molecule has 8 nitrogen and oxygen atoms in total. The zero-order chi connectivity index (χ0) is 18.2. The van der Waals surface area contributed by atoms with Crippen molar-refractivity contribution in [2.75, 3.05) is 0 Å². The molecule has 0 saturated heterocycles. The number of amides is 1. The monoisotopic (exact) mass is 346 g/mol. The third-order valence-corrected chi connectivity index (χ3v) is 5.11. The van der Waals surface area contributed by atoms with Crippen LogP contribution in [-0.4, -0.2) is 37.1 Å². The van der Waals surface area contributed by atoms with E-state index in [1.165, 1.54) is 4.52 Å². The highest BCUT2D eigenvalue weighted by Gasteiger charge is 2.42. The van der Waals surface area contributed by atoms with Gasteiger partial charge in [0.05, 0.1) is 17.9 Å². The van der Waals surface area contributed by atoms with E-state index in [9.17, 15) is 19.5 Å². The molecule has 134 valence electrons. The molecule has 2 heterocycles. The number of carbonyl (C=O) groups excluding carboxylic acids is 1. The average molecular weight is 346 g/mol. The van der Waals surface area contributed by atoms with Gasteiger partial charge in [0.25, 0.3) is 5.56 Å². The lowest BCUT2D eigenvalue weighted by atomic mass is 9.74. The average Bonchev–Trinajstić information content (AvgIpc) is 2.99. The number of carboxylic acids is 1. The largest absolute Gasteiger partial charge is 0.481 e. The molecule has 1 saturated carbocycles. The first-order chi connectivity index (χ1) is 11.8. The minimum Gasteiger partial charge on any atom is -0.481 e. The molecule has 0 bridgehead atoms. The van der Waals surface area contributed by atoms with Gasteiger partial charge in [0.1, 0.15) is 0 Å². The van der Waals surface area contributed by atoms with Crippen LogP contribution in [0.1, 0.15) is 43.9 Å². The predicted octanol–water partition coefficient (Wildman–Crippen LogP) is 1.02. The summed E-state index contributed by atoms with van der Waals surface area (Å²) in [6.07, 6.45) is 4.36. The maximum absolute atomic E-state index is 12.5. The molecule has 0 aliphatic heterocycles. The number of carbonyl (C=O) groups is 2. The summed E-state index contributed by atoms with van der Waals surface area (Å²) in [7, 11) is 0. The van der Waals surface area contributed by atoms with Crippen LogP contribution < -0.4 is 10.9 Å². The molecule has 0 spiro atoms. The summed E-state index contributed by atoms with van der Waals surface area (Å²) in [5.74, 6) is -1.87. The van der Waals surface area contributed by atoms with E-state index in [4.69, 9.17) is 0 Å². The second-order valence-corrected chi connectivity index (χ2v) is 6.92. The van der Waals surface area contributed by atoms with Crippen LogP contribution in [0.2, 0.25) is 0 Å². The fourth-order valence-electron chi connectivity index (χ4n) is 3.71. The molecule has 1 aliphatic carbocycles. The second kappa shape index (κ2) is 6.34. The second-order valence-electron chi connectivity index (χ2n) is 6.92. The Balaban J connectivity index is 1.83. The van der Waals surface area contributed by atoms with E-state index in [0.29, 0.717) is 29.7 Å². The van der Waals surface area contributed by atoms with Gasteiger partial charge in [-0.1, -0.05) is 12.8 Å². The molecular formula is C17H22N4O4. The number of aromatic amines is 1. The van der Waals surface area contributed by atoms with Crippen LogP contribution >= 0.6 is 0 Å². The van der Waals surface area contributed by atoms with Gasteiger partial charge in [0, 0.05) is 23.5 Å². The molecule has 3 N–H and O–H groups in total. The summed E-state index contributed by atoms with van der Waals surface area (Å²) in [6.45, 7) is 3.47. The molecular weight excluding hydrogens is 324 g/mol. The predicted molar refractivity (Wildman–Crippen MR) is 90.4 cm³/mol. The van der Waals surface area contributed by atoms with Crippen molar-refractivity contribution in [1.82, 2.24) is 19.9 Å². The van der Waals surface area contributed by atoms with Gasteiger partial charge in [0.15, 0.2) is 5.65 Å². The molecule has 0 aromatic carbocycles. The van der Waals surface area contributed by atoms with Crippen LogP contribution in [0.5, 0.6) is 0 Å². The zero-order valence-corrected chi connectivity index (χ0v) is 14.3. The normalized spacial score (nSPS) is 23.5. The number of aromatic nitrogens is 3. The maximum atomic E-state index is 12.5. The number of aliphatic carboxylic acids is 1. The Labute approximate surface area is 144 Å². The van der Waals surface area contributed by atoms with E-state index in [-0.39, 0.29) is 17.9 Å². The van der Waals surface area contributed by atoms with E-state index in [2.05, 4.69) is 15.4 Å². The molecule has 2 unspecified atom stereocenters. The van der Waals surface area contributed by atoms with Gasteiger partial charge in [-0.2, -0.15) is 0 Å². The molecule has 2 aromatic heterocycles. The summed E-state index contributed by atoms with van der Waals surface area (Å²) < 4.78 is 1.29. The van der Waals surface area contributed by atoms with Crippen LogP contribution in [0.15, 0.2) is 17.1 Å². The van der Waals surface area contributed by atoms with Crippen molar-refractivity contribution in [3.05, 3.63) is 33.9 Å². The van der Waals surface area contributed by atoms with Crippen molar-refractivity contribution in [2.24, 2.45) is 5.92 Å². The molecule has 1 fully saturated rings. The van der Waals surface area contributed by atoms with E-state index >= 15 is 0 Å². The van der Waals surface area contributed by atoms with Gasteiger partial charge in [-0.05, 0) is 26.7 Å². The summed E-state index contributed by atoms with van der Waals surface area (Å²) in [6, 6.07) is 1.68. The van der Waals surface area contributed by atoms with E-state index < -0.39 is 17.4 Å². The SMILES string of the molecule is Cc1nc2cc[nH]n2c(=O)c1CC(=O)NC1(C)CCCCC1C(=O)O. The molecule has 2 atom stereocenters. The van der Waals surface area contributed by atoms with Gasteiger partial charge in [0.2, 0.25) is 5.91 Å². The van der Waals surface area contributed by atoms with Crippen molar-refractivity contribution in [3.8, 4) is 0 Å². The molecule has 2 aromatic rings. The number of nitrogens with one attached hydrogen (secondary N) is 2. The van der Waals surface area contributed by atoms with Gasteiger partial charge in [-0.15, -0.1) is 0 Å². The number of carboxylic acid groups (broad SMARTS) is 1. The first kappa shape index (κ1) is 17.2. The van der Waals surface area contributed by atoms with Crippen molar-refractivity contribution in [2.45, 2.75) is 51.5 Å². The van der Waals surface area contributed by atoms with E-state index in [1.807, 2.05) is 0 Å². The Morgan fingerprint density at radius 3 is 2.96 bits per heavy atom. The van der Waals surface area contributed by atoms with Crippen LogP contribution in [-0.2, 0) is 16.0 Å². The number of H-pyrrole nitrogens is 1. The molecule has 3 rings (SSSR count). The van der Waals surface area contributed by atoms with E-state index in [0.717, 1.165) is 12.8 Å². The highest BCUT2D eigenvalue weighted by atomic mass is 16.4. The number of aryl methyl sites for hydroxylation is 1. The summed E-state index contributed by atoms with van der Waals surface area (Å²) in [5, 5.41) is 15.1. The topological polar surface area (TPSA) is 117 Å². The first-order valence-corrected chi connectivity index (χ1v) is 8.41. The molecule has 1 aliphatic rings. The van der Waals surface area contributed by atoms with Crippen LogP contribution in [0.4, 0.5) is 0 Å². The highest BCUT2D eigenvalue weighted by Crippen LogP contribution is 2.33. The summed E-state index contributed by atoms with van der Waals surface area (Å²) in [4.78, 5) is 40.9. The van der Waals surface area contributed by atoms with Crippen molar-refractivity contribution in [1.29, 1.82) is 0 Å². The van der Waals surface area contributed by atoms with Crippen LogP contribution in [0, 0.1) is 12.8 Å². The Morgan fingerprint density at radius 2 is 2.24 bits per heavy atom. The van der Waals surface area contributed by atoms with Gasteiger partial charge >= 0.3 is 5.97 Å². The van der Waals surface area contributed by atoms with Crippen LogP contribution in [0.3, 0.4) is 0 Å².